The highest BCUT2D eigenvalue weighted by Crippen LogP contribution is 2.16. The maximum absolute atomic E-state index is 12.8. The second-order valence-corrected chi connectivity index (χ2v) is 20.6. The molecule has 6 heteroatoms. The molecule has 0 bridgehead atoms. The van der Waals surface area contributed by atoms with Gasteiger partial charge >= 0.3 is 17.9 Å². The van der Waals surface area contributed by atoms with Gasteiger partial charge in [-0.3, -0.25) is 14.4 Å². The van der Waals surface area contributed by atoms with E-state index < -0.39 is 6.10 Å². The zero-order valence-corrected chi connectivity index (χ0v) is 48.6. The third-order valence-corrected chi connectivity index (χ3v) is 13.3. The van der Waals surface area contributed by atoms with E-state index in [-0.39, 0.29) is 37.5 Å². The standard InChI is InChI=1S/C68H116O6/c1-4-7-10-13-16-19-21-23-25-27-29-30-31-32-33-34-35-36-37-38-40-41-43-45-47-49-52-55-58-61-67(70)73-64-65(63-72-66(69)60-57-54-51-18-15-12-9-6-3)74-68(71)62-59-56-53-50-48-46-44-42-39-28-26-24-22-20-17-14-11-8-5-2/h8,11,17,20-21,23-24,26-27,29,31-32,39,42,46,48,65H,4-7,9-10,12-16,18-19,22,25,28,30,33-38,40-41,43-45,47,49-64H2,1-3H3/b11-8-,20-17-,23-21-,26-24-,29-27-,32-31-,42-39-,48-46-. The van der Waals surface area contributed by atoms with Crippen LogP contribution in [0.1, 0.15) is 297 Å². The highest BCUT2D eigenvalue weighted by molar-refractivity contribution is 5.71. The number of allylic oxidation sites excluding steroid dienone is 16. The van der Waals surface area contributed by atoms with Crippen LogP contribution in [0.5, 0.6) is 0 Å². The number of rotatable bonds is 56. The Morgan fingerprint density at radius 1 is 0.284 bits per heavy atom. The van der Waals surface area contributed by atoms with Crippen LogP contribution < -0.4 is 0 Å². The summed E-state index contributed by atoms with van der Waals surface area (Å²) >= 11 is 0. The molecule has 0 saturated heterocycles. The van der Waals surface area contributed by atoms with Crippen LogP contribution in [0.3, 0.4) is 0 Å². The van der Waals surface area contributed by atoms with Crippen LogP contribution in [0.4, 0.5) is 0 Å². The average Bonchev–Trinajstić information content (AvgIpc) is 3.40. The summed E-state index contributed by atoms with van der Waals surface area (Å²) in [5.74, 6) is -0.921. The van der Waals surface area contributed by atoms with Crippen molar-refractivity contribution < 1.29 is 28.6 Å². The third-order valence-electron chi connectivity index (χ3n) is 13.3. The van der Waals surface area contributed by atoms with Gasteiger partial charge in [-0.15, -0.1) is 0 Å². The van der Waals surface area contributed by atoms with Gasteiger partial charge in [-0.25, -0.2) is 0 Å². The molecule has 0 amide bonds. The molecule has 0 heterocycles. The molecule has 74 heavy (non-hydrogen) atoms. The van der Waals surface area contributed by atoms with Crippen LogP contribution in [-0.2, 0) is 28.6 Å². The first-order valence-corrected chi connectivity index (χ1v) is 31.2. The van der Waals surface area contributed by atoms with Gasteiger partial charge in [0.25, 0.3) is 0 Å². The van der Waals surface area contributed by atoms with Gasteiger partial charge in [0, 0.05) is 19.3 Å². The molecule has 6 nitrogen and oxygen atoms in total. The summed E-state index contributed by atoms with van der Waals surface area (Å²) < 4.78 is 16.8. The molecule has 0 radical (unpaired) electrons. The fraction of sp³-hybridized carbons (Fsp3) is 0.721. The molecular formula is C68H116O6. The van der Waals surface area contributed by atoms with Crippen LogP contribution in [0.25, 0.3) is 0 Å². The van der Waals surface area contributed by atoms with E-state index in [1.54, 1.807) is 0 Å². The molecule has 0 rings (SSSR count). The molecule has 0 aliphatic heterocycles. The minimum Gasteiger partial charge on any atom is -0.462 e. The Hall–Kier alpha value is -3.67. The van der Waals surface area contributed by atoms with Crippen molar-refractivity contribution in [2.75, 3.05) is 13.2 Å². The molecule has 0 aromatic heterocycles. The van der Waals surface area contributed by atoms with Crippen LogP contribution in [-0.4, -0.2) is 37.2 Å². The minimum atomic E-state index is -0.793. The Kier molecular flexibility index (Phi) is 58.8. The summed E-state index contributed by atoms with van der Waals surface area (Å²) in [6.07, 6.45) is 82.9. The van der Waals surface area contributed by atoms with Crippen molar-refractivity contribution in [1.29, 1.82) is 0 Å². The van der Waals surface area contributed by atoms with Crippen LogP contribution in [0, 0.1) is 0 Å². The number of hydrogen-bond acceptors (Lipinski definition) is 6. The van der Waals surface area contributed by atoms with E-state index in [0.29, 0.717) is 12.8 Å². The summed E-state index contributed by atoms with van der Waals surface area (Å²) in [5, 5.41) is 0. The van der Waals surface area contributed by atoms with Gasteiger partial charge in [-0.1, -0.05) is 272 Å². The van der Waals surface area contributed by atoms with Crippen molar-refractivity contribution in [2.45, 2.75) is 303 Å². The smallest absolute Gasteiger partial charge is 0.306 e. The highest BCUT2D eigenvalue weighted by atomic mass is 16.6. The highest BCUT2D eigenvalue weighted by Gasteiger charge is 2.19. The molecule has 1 unspecified atom stereocenters. The predicted molar refractivity (Wildman–Crippen MR) is 320 cm³/mol. The summed E-state index contributed by atoms with van der Waals surface area (Å²) in [6.45, 7) is 6.47. The van der Waals surface area contributed by atoms with Gasteiger partial charge in [-0.05, 0) is 103 Å². The lowest BCUT2D eigenvalue weighted by molar-refractivity contribution is -0.167. The Morgan fingerprint density at radius 2 is 0.527 bits per heavy atom. The Bertz CT molecular complexity index is 1460. The third kappa shape index (κ3) is 59.2. The van der Waals surface area contributed by atoms with E-state index in [0.717, 1.165) is 109 Å². The van der Waals surface area contributed by atoms with E-state index in [1.807, 2.05) is 0 Å². The second-order valence-electron chi connectivity index (χ2n) is 20.6. The fourth-order valence-corrected chi connectivity index (χ4v) is 8.65. The van der Waals surface area contributed by atoms with Gasteiger partial charge in [-0.2, -0.15) is 0 Å². The quantitative estimate of drug-likeness (QED) is 0.0261. The van der Waals surface area contributed by atoms with Gasteiger partial charge in [0.05, 0.1) is 0 Å². The summed E-state index contributed by atoms with van der Waals surface area (Å²) in [5.41, 5.74) is 0. The van der Waals surface area contributed by atoms with Crippen molar-refractivity contribution in [1.82, 2.24) is 0 Å². The second kappa shape index (κ2) is 61.9. The van der Waals surface area contributed by atoms with Crippen LogP contribution >= 0.6 is 0 Å². The summed E-state index contributed by atoms with van der Waals surface area (Å²) in [7, 11) is 0. The Balaban J connectivity index is 4.19. The zero-order chi connectivity index (χ0) is 53.6. The van der Waals surface area contributed by atoms with Gasteiger partial charge in [0.1, 0.15) is 13.2 Å². The number of ether oxygens (including phenoxy) is 3. The van der Waals surface area contributed by atoms with Gasteiger partial charge in [0.2, 0.25) is 0 Å². The molecule has 0 spiro atoms. The first kappa shape index (κ1) is 70.3. The van der Waals surface area contributed by atoms with Crippen molar-refractivity contribution in [3.8, 4) is 0 Å². The maximum atomic E-state index is 12.8. The zero-order valence-electron chi connectivity index (χ0n) is 48.6. The molecule has 1 atom stereocenters. The van der Waals surface area contributed by atoms with Crippen LogP contribution in [0.15, 0.2) is 97.2 Å². The minimum absolute atomic E-state index is 0.0895. The number of carbonyl (C=O) groups is 3. The fourth-order valence-electron chi connectivity index (χ4n) is 8.65. The monoisotopic (exact) mass is 1030 g/mol. The SMILES string of the molecule is CC/C=C\C/C=C\C/C=C\C/C=C\C/C=C\CCCCCC(=O)OC(COC(=O)CCCCCCCCCC)COC(=O)CCCCCCCCCCCCCCCC/C=C\C/C=C\C/C=C\CCCCCCC. The topological polar surface area (TPSA) is 78.9 Å². The van der Waals surface area contributed by atoms with Crippen molar-refractivity contribution in [3.63, 3.8) is 0 Å². The molecular weight excluding hydrogens is 913 g/mol. The summed E-state index contributed by atoms with van der Waals surface area (Å²) in [4.78, 5) is 38.1. The van der Waals surface area contributed by atoms with Gasteiger partial charge < -0.3 is 14.2 Å². The van der Waals surface area contributed by atoms with Crippen molar-refractivity contribution >= 4 is 17.9 Å². The molecule has 0 aromatic rings. The molecule has 0 aromatic carbocycles. The van der Waals surface area contributed by atoms with Crippen molar-refractivity contribution in [2.24, 2.45) is 0 Å². The molecule has 424 valence electrons. The van der Waals surface area contributed by atoms with Crippen molar-refractivity contribution in [3.05, 3.63) is 97.2 Å². The first-order valence-electron chi connectivity index (χ1n) is 31.2. The van der Waals surface area contributed by atoms with E-state index in [1.165, 1.54) is 148 Å². The summed E-state index contributed by atoms with van der Waals surface area (Å²) in [6, 6.07) is 0. The number of esters is 3. The molecule has 0 N–H and O–H groups in total. The Morgan fingerprint density at radius 3 is 0.838 bits per heavy atom. The van der Waals surface area contributed by atoms with E-state index in [4.69, 9.17) is 14.2 Å². The maximum Gasteiger partial charge on any atom is 0.306 e. The Labute approximate surface area is 457 Å². The van der Waals surface area contributed by atoms with Crippen LogP contribution in [0.2, 0.25) is 0 Å². The van der Waals surface area contributed by atoms with E-state index in [9.17, 15) is 14.4 Å². The van der Waals surface area contributed by atoms with Gasteiger partial charge in [0.15, 0.2) is 6.10 Å². The lowest BCUT2D eigenvalue weighted by Gasteiger charge is -2.18. The number of carbonyl (C=O) groups excluding carboxylic acids is 3. The molecule has 0 aliphatic carbocycles. The van der Waals surface area contributed by atoms with E-state index >= 15 is 0 Å². The normalized spacial score (nSPS) is 12.7. The average molecular weight is 1030 g/mol. The molecule has 0 saturated carbocycles. The lowest BCUT2D eigenvalue weighted by Crippen LogP contribution is -2.30. The first-order chi connectivity index (χ1) is 36.5. The lowest BCUT2D eigenvalue weighted by atomic mass is 10.0. The van der Waals surface area contributed by atoms with E-state index in [2.05, 4.69) is 118 Å². The molecule has 0 fully saturated rings. The largest absolute Gasteiger partial charge is 0.462 e. The number of hydrogen-bond donors (Lipinski definition) is 0. The number of unbranched alkanes of at least 4 members (excludes halogenated alkanes) is 29. The molecule has 0 aliphatic rings. The predicted octanol–water partition coefficient (Wildman–Crippen LogP) is 21.3.